The Kier molecular flexibility index (Phi) is 4.82. The van der Waals surface area contributed by atoms with E-state index in [1.807, 2.05) is 48.5 Å². The van der Waals surface area contributed by atoms with Crippen LogP contribution in [0.1, 0.15) is 11.3 Å². The number of hydrogen-bond donors (Lipinski definition) is 3. The van der Waals surface area contributed by atoms with Crippen molar-refractivity contribution in [3.63, 3.8) is 0 Å². The first kappa shape index (κ1) is 16.8. The highest BCUT2D eigenvalue weighted by Crippen LogP contribution is 2.25. The average molecular weight is 360 g/mol. The molecule has 0 aliphatic rings. The summed E-state index contributed by atoms with van der Waals surface area (Å²) in [4.78, 5) is 4.73. The van der Waals surface area contributed by atoms with E-state index in [0.717, 1.165) is 39.4 Å². The van der Waals surface area contributed by atoms with Crippen LogP contribution in [0, 0.1) is 0 Å². The number of anilines is 2. The molecule has 27 heavy (non-hydrogen) atoms. The maximum Gasteiger partial charge on any atom is 0.126 e. The number of aromatic amines is 1. The lowest BCUT2D eigenvalue weighted by atomic mass is 10.1. The van der Waals surface area contributed by atoms with Crippen molar-refractivity contribution in [1.82, 2.24) is 20.4 Å². The van der Waals surface area contributed by atoms with Crippen molar-refractivity contribution in [3.8, 4) is 5.75 Å². The number of rotatable bonds is 7. The fourth-order valence-corrected chi connectivity index (χ4v) is 2.94. The van der Waals surface area contributed by atoms with Crippen LogP contribution in [0.2, 0.25) is 0 Å². The second-order valence-corrected chi connectivity index (χ2v) is 6.05. The summed E-state index contributed by atoms with van der Waals surface area (Å²) in [5.74, 6) is 1.69. The number of benzene rings is 2. The van der Waals surface area contributed by atoms with Crippen molar-refractivity contribution in [1.29, 1.82) is 0 Å². The minimum atomic E-state index is 0.601. The standard InChI is InChI=1S/C20H20N6O/c1-27-19-8-3-2-5-14(19)11-22-20-10-9-16-17(6-4-7-18(16)24-20)21-12-15-13-23-26-25-15/h2-10,13,21H,11-12H2,1H3,(H,22,24)(H,23,25,26). The van der Waals surface area contributed by atoms with Gasteiger partial charge in [-0.25, -0.2) is 4.98 Å². The molecule has 7 nitrogen and oxygen atoms in total. The molecule has 0 aliphatic heterocycles. The van der Waals surface area contributed by atoms with Crippen LogP contribution >= 0.6 is 0 Å². The van der Waals surface area contributed by atoms with E-state index in [9.17, 15) is 0 Å². The van der Waals surface area contributed by atoms with Gasteiger partial charge in [-0.15, -0.1) is 5.10 Å². The van der Waals surface area contributed by atoms with Gasteiger partial charge in [0, 0.05) is 29.4 Å². The van der Waals surface area contributed by atoms with Gasteiger partial charge in [0.25, 0.3) is 0 Å². The topological polar surface area (TPSA) is 87.8 Å². The Balaban J connectivity index is 1.50. The number of methoxy groups -OCH3 is 1. The number of aromatic nitrogens is 4. The minimum absolute atomic E-state index is 0.601. The van der Waals surface area contributed by atoms with Crippen molar-refractivity contribution in [3.05, 3.63) is 72.1 Å². The second-order valence-electron chi connectivity index (χ2n) is 6.05. The molecule has 136 valence electrons. The van der Waals surface area contributed by atoms with Crippen LogP contribution in [0.4, 0.5) is 11.5 Å². The second kappa shape index (κ2) is 7.74. The number of hydrogen-bond acceptors (Lipinski definition) is 6. The lowest BCUT2D eigenvalue weighted by Gasteiger charge is -2.12. The summed E-state index contributed by atoms with van der Waals surface area (Å²) in [5.41, 5.74) is 3.88. The monoisotopic (exact) mass is 360 g/mol. The summed E-state index contributed by atoms with van der Waals surface area (Å²) in [6, 6.07) is 18.0. The molecule has 3 N–H and O–H groups in total. The number of fused-ring (bicyclic) bond motifs is 1. The van der Waals surface area contributed by atoms with Gasteiger partial charge >= 0.3 is 0 Å². The van der Waals surface area contributed by atoms with Gasteiger partial charge in [-0.1, -0.05) is 29.5 Å². The highest BCUT2D eigenvalue weighted by molar-refractivity contribution is 5.92. The Bertz CT molecular complexity index is 1030. The van der Waals surface area contributed by atoms with Crippen LogP contribution in [0.25, 0.3) is 10.9 Å². The largest absolute Gasteiger partial charge is 0.496 e. The van der Waals surface area contributed by atoms with Gasteiger partial charge in [-0.2, -0.15) is 0 Å². The SMILES string of the molecule is COc1ccccc1CNc1ccc2c(NCc3c[nH]nn3)cccc2n1. The molecule has 0 fully saturated rings. The number of nitrogens with one attached hydrogen (secondary N) is 3. The van der Waals surface area contributed by atoms with E-state index in [4.69, 9.17) is 9.72 Å². The van der Waals surface area contributed by atoms with Crippen LogP contribution in [0.15, 0.2) is 60.8 Å². The van der Waals surface area contributed by atoms with Crippen LogP contribution in [-0.2, 0) is 13.1 Å². The fourth-order valence-electron chi connectivity index (χ4n) is 2.94. The van der Waals surface area contributed by atoms with E-state index in [1.54, 1.807) is 13.3 Å². The van der Waals surface area contributed by atoms with E-state index < -0.39 is 0 Å². The molecule has 0 saturated carbocycles. The van der Waals surface area contributed by atoms with Gasteiger partial charge < -0.3 is 15.4 Å². The predicted molar refractivity (Wildman–Crippen MR) is 106 cm³/mol. The molecule has 0 bridgehead atoms. The summed E-state index contributed by atoms with van der Waals surface area (Å²) in [7, 11) is 1.68. The summed E-state index contributed by atoms with van der Waals surface area (Å²) in [5, 5.41) is 18.2. The summed E-state index contributed by atoms with van der Waals surface area (Å²) in [6.07, 6.45) is 1.77. The molecule has 0 atom stereocenters. The first-order valence-electron chi connectivity index (χ1n) is 8.68. The molecule has 0 radical (unpaired) electrons. The Morgan fingerprint density at radius 2 is 1.89 bits per heavy atom. The third-order valence-corrected chi connectivity index (χ3v) is 4.31. The molecule has 0 unspecified atom stereocenters. The molecule has 2 aromatic carbocycles. The number of para-hydroxylation sites is 1. The van der Waals surface area contributed by atoms with Crippen molar-refractivity contribution in [2.24, 2.45) is 0 Å². The van der Waals surface area contributed by atoms with E-state index in [2.05, 4.69) is 32.1 Å². The zero-order valence-corrected chi connectivity index (χ0v) is 14.9. The Morgan fingerprint density at radius 1 is 0.963 bits per heavy atom. The molecule has 4 rings (SSSR count). The lowest BCUT2D eigenvalue weighted by molar-refractivity contribution is 0.410. The van der Waals surface area contributed by atoms with Crippen LogP contribution < -0.4 is 15.4 Å². The molecule has 0 spiro atoms. The van der Waals surface area contributed by atoms with Crippen LogP contribution in [0.5, 0.6) is 5.75 Å². The Labute approximate surface area is 156 Å². The number of ether oxygens (including phenoxy) is 1. The third-order valence-electron chi connectivity index (χ3n) is 4.31. The highest BCUT2D eigenvalue weighted by atomic mass is 16.5. The fraction of sp³-hybridized carbons (Fsp3) is 0.150. The summed E-state index contributed by atoms with van der Waals surface area (Å²) < 4.78 is 5.40. The minimum Gasteiger partial charge on any atom is -0.496 e. The van der Waals surface area contributed by atoms with Crippen molar-refractivity contribution >= 4 is 22.4 Å². The molecular weight excluding hydrogens is 340 g/mol. The van der Waals surface area contributed by atoms with Gasteiger partial charge in [-0.3, -0.25) is 5.10 Å². The molecular formula is C20H20N6O. The van der Waals surface area contributed by atoms with E-state index in [0.29, 0.717) is 13.1 Å². The molecule has 0 saturated heterocycles. The van der Waals surface area contributed by atoms with Gasteiger partial charge in [-0.05, 0) is 30.3 Å². The zero-order valence-electron chi connectivity index (χ0n) is 14.9. The number of H-pyrrole nitrogens is 1. The molecule has 0 amide bonds. The molecule has 7 heteroatoms. The van der Waals surface area contributed by atoms with E-state index in [1.165, 1.54) is 0 Å². The lowest BCUT2D eigenvalue weighted by Crippen LogP contribution is -2.04. The Morgan fingerprint density at radius 3 is 2.74 bits per heavy atom. The summed E-state index contributed by atoms with van der Waals surface area (Å²) >= 11 is 0. The highest BCUT2D eigenvalue weighted by Gasteiger charge is 2.06. The average Bonchev–Trinajstić information content (AvgIpc) is 3.24. The normalized spacial score (nSPS) is 10.7. The first-order valence-corrected chi connectivity index (χ1v) is 8.68. The zero-order chi connectivity index (χ0) is 18.5. The number of pyridine rings is 1. The van der Waals surface area contributed by atoms with E-state index in [-0.39, 0.29) is 0 Å². The van der Waals surface area contributed by atoms with Crippen molar-refractivity contribution in [2.45, 2.75) is 13.1 Å². The van der Waals surface area contributed by atoms with Gasteiger partial charge in [0.05, 0.1) is 19.2 Å². The smallest absolute Gasteiger partial charge is 0.126 e. The molecule has 0 aliphatic carbocycles. The maximum atomic E-state index is 5.40. The molecule has 2 aromatic heterocycles. The van der Waals surface area contributed by atoms with Gasteiger partial charge in [0.1, 0.15) is 17.3 Å². The number of nitrogens with zero attached hydrogens (tertiary/aromatic N) is 3. The van der Waals surface area contributed by atoms with Crippen molar-refractivity contribution in [2.75, 3.05) is 17.7 Å². The molecule has 4 aromatic rings. The van der Waals surface area contributed by atoms with Gasteiger partial charge in [0.15, 0.2) is 0 Å². The van der Waals surface area contributed by atoms with Crippen molar-refractivity contribution < 1.29 is 4.74 Å². The van der Waals surface area contributed by atoms with Gasteiger partial charge in [0.2, 0.25) is 0 Å². The maximum absolute atomic E-state index is 5.40. The molecule has 2 heterocycles. The van der Waals surface area contributed by atoms with E-state index >= 15 is 0 Å². The third kappa shape index (κ3) is 3.82. The predicted octanol–water partition coefficient (Wildman–Crippen LogP) is 3.59. The van der Waals surface area contributed by atoms with Crippen LogP contribution in [0.3, 0.4) is 0 Å². The summed E-state index contributed by atoms with van der Waals surface area (Å²) in [6.45, 7) is 1.25. The van der Waals surface area contributed by atoms with Crippen LogP contribution in [-0.4, -0.2) is 27.5 Å². The quantitative estimate of drug-likeness (QED) is 0.467. The first-order chi connectivity index (χ1) is 13.3. The Hall–Kier alpha value is -3.61.